The Hall–Kier alpha value is -2.39. The molecule has 5 nitrogen and oxygen atoms in total. The van der Waals surface area contributed by atoms with Crippen molar-refractivity contribution >= 4 is 44.2 Å². The minimum atomic E-state index is -3.89. The van der Waals surface area contributed by atoms with Crippen LogP contribution in [0.1, 0.15) is 11.1 Å². The number of benzene rings is 3. The molecule has 0 aliphatic heterocycles. The van der Waals surface area contributed by atoms with E-state index in [2.05, 4.69) is 22.6 Å². The molecule has 0 aromatic heterocycles. The summed E-state index contributed by atoms with van der Waals surface area (Å²) in [6, 6.07) is 23.2. The number of halogens is 1. The minimum absolute atomic E-state index is 0.150. The molecule has 0 aliphatic rings. The summed E-state index contributed by atoms with van der Waals surface area (Å²) in [5, 5.41) is 0. The lowest BCUT2D eigenvalue weighted by molar-refractivity contribution is -0.128. The lowest BCUT2D eigenvalue weighted by Crippen LogP contribution is -2.41. The van der Waals surface area contributed by atoms with Gasteiger partial charge in [-0.3, -0.25) is 9.10 Å². The summed E-state index contributed by atoms with van der Waals surface area (Å²) in [7, 11) is -2.21. The van der Waals surface area contributed by atoms with Crippen LogP contribution in [0.2, 0.25) is 0 Å². The monoisotopic (exact) mass is 534 g/mol. The molecule has 0 bridgehead atoms. The molecule has 0 fully saturated rings. The standard InChI is InChI=1S/C23H23IN2O3S/c1-18-8-10-19(11-9-18)16-25(2)23(27)17-26(21-14-12-20(24)13-15-21)30(28,29)22-6-4-3-5-7-22/h3-15H,16-17H2,1-2H3. The number of hydrogen-bond donors (Lipinski definition) is 0. The highest BCUT2D eigenvalue weighted by Crippen LogP contribution is 2.24. The highest BCUT2D eigenvalue weighted by atomic mass is 127. The second-order valence-corrected chi connectivity index (χ2v) is 10.1. The second kappa shape index (κ2) is 9.61. The summed E-state index contributed by atoms with van der Waals surface area (Å²) < 4.78 is 28.8. The van der Waals surface area contributed by atoms with Gasteiger partial charge in [-0.1, -0.05) is 48.0 Å². The normalized spacial score (nSPS) is 11.2. The van der Waals surface area contributed by atoms with E-state index < -0.39 is 10.0 Å². The van der Waals surface area contributed by atoms with Crippen LogP contribution in [0.4, 0.5) is 5.69 Å². The maximum atomic E-state index is 13.3. The molecule has 7 heteroatoms. The Kier molecular flexibility index (Phi) is 7.14. The van der Waals surface area contributed by atoms with E-state index in [1.165, 1.54) is 16.4 Å². The van der Waals surface area contributed by atoms with Crippen molar-refractivity contribution in [2.24, 2.45) is 0 Å². The molecule has 156 valence electrons. The first-order chi connectivity index (χ1) is 14.3. The van der Waals surface area contributed by atoms with E-state index in [9.17, 15) is 13.2 Å². The molecule has 0 aliphatic carbocycles. The van der Waals surface area contributed by atoms with Crippen LogP contribution >= 0.6 is 22.6 Å². The zero-order chi connectivity index (χ0) is 21.7. The zero-order valence-corrected chi connectivity index (χ0v) is 19.8. The predicted octanol–water partition coefficient (Wildman–Crippen LogP) is 4.45. The van der Waals surface area contributed by atoms with Gasteiger partial charge in [0, 0.05) is 17.2 Å². The van der Waals surface area contributed by atoms with Crippen LogP contribution < -0.4 is 4.31 Å². The topological polar surface area (TPSA) is 57.7 Å². The van der Waals surface area contributed by atoms with Gasteiger partial charge in [0.25, 0.3) is 10.0 Å². The van der Waals surface area contributed by atoms with Gasteiger partial charge in [-0.05, 0) is 71.5 Å². The van der Waals surface area contributed by atoms with Gasteiger partial charge in [-0.2, -0.15) is 0 Å². The molecule has 0 saturated carbocycles. The zero-order valence-electron chi connectivity index (χ0n) is 16.8. The van der Waals surface area contributed by atoms with Gasteiger partial charge in [0.15, 0.2) is 0 Å². The fraction of sp³-hybridized carbons (Fsp3) is 0.174. The number of sulfonamides is 1. The molecule has 3 rings (SSSR count). The lowest BCUT2D eigenvalue weighted by Gasteiger charge is -2.27. The van der Waals surface area contributed by atoms with Crippen molar-refractivity contribution in [3.63, 3.8) is 0 Å². The van der Waals surface area contributed by atoms with Crippen molar-refractivity contribution in [1.82, 2.24) is 4.90 Å². The Morgan fingerprint density at radius 1 is 0.900 bits per heavy atom. The summed E-state index contributed by atoms with van der Waals surface area (Å²) in [5.41, 5.74) is 2.59. The van der Waals surface area contributed by atoms with Gasteiger partial charge in [-0.25, -0.2) is 8.42 Å². The molecule has 0 radical (unpaired) electrons. The van der Waals surface area contributed by atoms with Crippen molar-refractivity contribution < 1.29 is 13.2 Å². The van der Waals surface area contributed by atoms with E-state index in [-0.39, 0.29) is 17.3 Å². The molecule has 3 aromatic rings. The smallest absolute Gasteiger partial charge is 0.264 e. The molecule has 1 amide bonds. The van der Waals surface area contributed by atoms with Crippen LogP contribution in [0, 0.1) is 10.5 Å². The molecule has 30 heavy (non-hydrogen) atoms. The summed E-state index contributed by atoms with van der Waals surface area (Å²) >= 11 is 2.16. The molecule has 0 unspecified atom stereocenters. The van der Waals surface area contributed by atoms with Gasteiger partial charge in [0.05, 0.1) is 10.6 Å². The van der Waals surface area contributed by atoms with Gasteiger partial charge < -0.3 is 4.90 Å². The summed E-state index contributed by atoms with van der Waals surface area (Å²) in [5.74, 6) is -0.284. The highest BCUT2D eigenvalue weighted by Gasteiger charge is 2.28. The fourth-order valence-electron chi connectivity index (χ4n) is 2.94. The number of hydrogen-bond acceptors (Lipinski definition) is 3. The maximum Gasteiger partial charge on any atom is 0.264 e. The van der Waals surface area contributed by atoms with Crippen LogP contribution in [-0.2, 0) is 21.4 Å². The van der Waals surface area contributed by atoms with Gasteiger partial charge in [0.2, 0.25) is 5.91 Å². The van der Waals surface area contributed by atoms with Crippen LogP contribution in [0.5, 0.6) is 0 Å². The van der Waals surface area contributed by atoms with Crippen molar-refractivity contribution in [3.05, 3.63) is 93.6 Å². The first kappa shape index (κ1) is 22.3. The molecule has 0 spiro atoms. The number of likely N-dealkylation sites (N-methyl/N-ethyl adjacent to an activating group) is 1. The van der Waals surface area contributed by atoms with Crippen LogP contribution in [0.3, 0.4) is 0 Å². The molecular weight excluding hydrogens is 511 g/mol. The second-order valence-electron chi connectivity index (χ2n) is 7.04. The predicted molar refractivity (Wildman–Crippen MR) is 128 cm³/mol. The Labute approximate surface area is 191 Å². The van der Waals surface area contributed by atoms with E-state index in [1.54, 1.807) is 42.3 Å². The maximum absolute atomic E-state index is 13.3. The Morgan fingerprint density at radius 3 is 2.10 bits per heavy atom. The third kappa shape index (κ3) is 5.40. The third-order valence-electron chi connectivity index (χ3n) is 4.69. The fourth-order valence-corrected chi connectivity index (χ4v) is 4.74. The van der Waals surface area contributed by atoms with E-state index in [0.29, 0.717) is 12.2 Å². The third-order valence-corrected chi connectivity index (χ3v) is 7.20. The molecule has 0 saturated heterocycles. The lowest BCUT2D eigenvalue weighted by atomic mass is 10.1. The van der Waals surface area contributed by atoms with Gasteiger partial charge in [-0.15, -0.1) is 0 Å². The summed E-state index contributed by atoms with van der Waals surface area (Å²) in [4.78, 5) is 14.7. The van der Waals surface area contributed by atoms with Crippen LogP contribution in [0.15, 0.2) is 83.8 Å². The molecule has 3 aromatic carbocycles. The van der Waals surface area contributed by atoms with Crippen molar-refractivity contribution in [2.75, 3.05) is 17.9 Å². The van der Waals surface area contributed by atoms with Crippen molar-refractivity contribution in [3.8, 4) is 0 Å². The number of aryl methyl sites for hydroxylation is 1. The number of carbonyl (C=O) groups is 1. The number of rotatable bonds is 7. The van der Waals surface area contributed by atoms with E-state index in [1.807, 2.05) is 43.3 Å². The molecule has 0 heterocycles. The number of carbonyl (C=O) groups excluding carboxylic acids is 1. The summed E-state index contributed by atoms with van der Waals surface area (Å²) in [6.45, 7) is 2.14. The number of anilines is 1. The quantitative estimate of drug-likeness (QED) is 0.421. The largest absolute Gasteiger partial charge is 0.340 e. The first-order valence-corrected chi connectivity index (χ1v) is 11.9. The first-order valence-electron chi connectivity index (χ1n) is 9.40. The summed E-state index contributed by atoms with van der Waals surface area (Å²) in [6.07, 6.45) is 0. The Morgan fingerprint density at radius 2 is 1.50 bits per heavy atom. The number of amides is 1. The average molecular weight is 534 g/mol. The van der Waals surface area contributed by atoms with E-state index in [0.717, 1.165) is 14.7 Å². The van der Waals surface area contributed by atoms with Crippen LogP contribution in [0.25, 0.3) is 0 Å². The average Bonchev–Trinajstić information content (AvgIpc) is 2.74. The Balaban J connectivity index is 1.87. The van der Waals surface area contributed by atoms with Gasteiger partial charge >= 0.3 is 0 Å². The number of nitrogens with zero attached hydrogens (tertiary/aromatic N) is 2. The SMILES string of the molecule is Cc1ccc(CN(C)C(=O)CN(c2ccc(I)cc2)S(=O)(=O)c2ccccc2)cc1. The van der Waals surface area contributed by atoms with Crippen molar-refractivity contribution in [1.29, 1.82) is 0 Å². The molecule has 0 N–H and O–H groups in total. The van der Waals surface area contributed by atoms with Crippen molar-refractivity contribution in [2.45, 2.75) is 18.4 Å². The highest BCUT2D eigenvalue weighted by molar-refractivity contribution is 14.1. The van der Waals surface area contributed by atoms with Crippen LogP contribution in [-0.4, -0.2) is 32.8 Å². The molecule has 0 atom stereocenters. The van der Waals surface area contributed by atoms with E-state index in [4.69, 9.17) is 0 Å². The van der Waals surface area contributed by atoms with Gasteiger partial charge in [0.1, 0.15) is 6.54 Å². The van der Waals surface area contributed by atoms with E-state index >= 15 is 0 Å². The minimum Gasteiger partial charge on any atom is -0.340 e. The Bertz CT molecular complexity index is 1100. The molecular formula is C23H23IN2O3S.